The van der Waals surface area contributed by atoms with Crippen LogP contribution in [0.3, 0.4) is 0 Å². The third-order valence-electron chi connectivity index (χ3n) is 5.44. The Balaban J connectivity index is 2.30. The molecule has 0 amide bonds. The molecule has 3 heteroatoms. The van der Waals surface area contributed by atoms with Crippen LogP contribution in [0.4, 0.5) is 0 Å². The predicted molar refractivity (Wildman–Crippen MR) is 81.5 cm³/mol. The van der Waals surface area contributed by atoms with Gasteiger partial charge in [0.05, 0.1) is 12.5 Å². The van der Waals surface area contributed by atoms with Gasteiger partial charge in [-0.3, -0.25) is 4.79 Å². The highest BCUT2D eigenvalue weighted by Crippen LogP contribution is 2.45. The van der Waals surface area contributed by atoms with Crippen LogP contribution in [0.1, 0.15) is 66.2 Å². The van der Waals surface area contributed by atoms with Gasteiger partial charge in [-0.2, -0.15) is 0 Å². The number of hydrogen-bond acceptors (Lipinski definition) is 3. The molecule has 2 aliphatic heterocycles. The van der Waals surface area contributed by atoms with E-state index in [9.17, 15) is 4.79 Å². The molecule has 0 aromatic rings. The van der Waals surface area contributed by atoms with Gasteiger partial charge < -0.3 is 10.1 Å². The molecule has 0 radical (unpaired) electrons. The van der Waals surface area contributed by atoms with Gasteiger partial charge in [-0.05, 0) is 51.0 Å². The Morgan fingerprint density at radius 1 is 1.10 bits per heavy atom. The predicted octanol–water partition coefficient (Wildman–Crippen LogP) is 3.52. The largest absolute Gasteiger partial charge is 0.465 e. The van der Waals surface area contributed by atoms with Crippen LogP contribution in [0.5, 0.6) is 0 Å². The lowest BCUT2D eigenvalue weighted by Crippen LogP contribution is -2.57. The lowest BCUT2D eigenvalue weighted by atomic mass is 9.62. The maximum absolute atomic E-state index is 12.4. The molecule has 0 aliphatic carbocycles. The third kappa shape index (κ3) is 3.36. The number of rotatable bonds is 0. The van der Waals surface area contributed by atoms with Crippen molar-refractivity contribution in [3.8, 4) is 0 Å². The second kappa shape index (κ2) is 6.05. The Hall–Kier alpha value is -0.570. The molecule has 2 heterocycles. The van der Waals surface area contributed by atoms with Crippen LogP contribution in [0.25, 0.3) is 0 Å². The van der Waals surface area contributed by atoms with Gasteiger partial charge in [0.1, 0.15) is 0 Å². The van der Waals surface area contributed by atoms with Gasteiger partial charge in [0.15, 0.2) is 0 Å². The number of esters is 1. The van der Waals surface area contributed by atoms with Gasteiger partial charge in [0, 0.05) is 5.54 Å². The van der Waals surface area contributed by atoms with Crippen molar-refractivity contribution in [1.82, 2.24) is 5.32 Å². The van der Waals surface area contributed by atoms with E-state index in [0.29, 0.717) is 12.5 Å². The van der Waals surface area contributed by atoms with Crippen molar-refractivity contribution in [2.45, 2.75) is 71.8 Å². The highest BCUT2D eigenvalue weighted by atomic mass is 16.5. The third-order valence-corrected chi connectivity index (χ3v) is 5.44. The van der Waals surface area contributed by atoms with E-state index in [4.69, 9.17) is 4.74 Å². The van der Waals surface area contributed by atoms with E-state index in [-0.39, 0.29) is 22.8 Å². The van der Waals surface area contributed by atoms with Crippen molar-refractivity contribution in [2.24, 2.45) is 17.3 Å². The van der Waals surface area contributed by atoms with E-state index in [1.165, 1.54) is 32.1 Å². The summed E-state index contributed by atoms with van der Waals surface area (Å²) in [5.41, 5.74) is 0.0389. The van der Waals surface area contributed by atoms with Crippen LogP contribution in [0, 0.1) is 17.3 Å². The van der Waals surface area contributed by atoms with Gasteiger partial charge in [0.2, 0.25) is 0 Å². The van der Waals surface area contributed by atoms with Crippen molar-refractivity contribution in [3.05, 3.63) is 0 Å². The average Bonchev–Trinajstić information content (AvgIpc) is 2.37. The molecule has 2 fully saturated rings. The maximum Gasteiger partial charge on any atom is 0.311 e. The molecule has 2 atom stereocenters. The minimum Gasteiger partial charge on any atom is -0.465 e. The molecule has 2 aliphatic rings. The molecule has 0 aromatic carbocycles. The average molecular weight is 281 g/mol. The van der Waals surface area contributed by atoms with E-state index in [0.717, 1.165) is 13.0 Å². The Bertz CT molecular complexity index is 349. The van der Waals surface area contributed by atoms with Crippen molar-refractivity contribution < 1.29 is 9.53 Å². The monoisotopic (exact) mass is 281 g/mol. The molecule has 116 valence electrons. The van der Waals surface area contributed by atoms with Crippen LogP contribution in [0.2, 0.25) is 0 Å². The van der Waals surface area contributed by atoms with Crippen molar-refractivity contribution in [3.63, 3.8) is 0 Å². The molecule has 1 N–H and O–H groups in total. The molecular weight excluding hydrogens is 250 g/mol. The van der Waals surface area contributed by atoms with E-state index in [1.807, 2.05) is 0 Å². The van der Waals surface area contributed by atoms with Crippen molar-refractivity contribution >= 4 is 5.97 Å². The second-order valence-corrected chi connectivity index (χ2v) is 7.84. The second-order valence-electron chi connectivity index (χ2n) is 7.84. The number of carbonyl (C=O) groups is 1. The van der Waals surface area contributed by atoms with Gasteiger partial charge >= 0.3 is 5.97 Å². The number of nitrogens with one attached hydrogen (secondary N) is 1. The summed E-state index contributed by atoms with van der Waals surface area (Å²) in [6, 6.07) is 0. The standard InChI is InChI=1S/C17H31NO2/c1-16(2)10-7-5-6-8-11-18-17(3,4)14-13(16)9-12-20-15(14)19/h13-14,18H,5-12H2,1-4H3. The summed E-state index contributed by atoms with van der Waals surface area (Å²) < 4.78 is 5.40. The highest BCUT2D eigenvalue weighted by Gasteiger charge is 2.49. The fourth-order valence-corrected chi connectivity index (χ4v) is 4.11. The zero-order chi connectivity index (χ0) is 14.8. The number of ether oxygens (including phenoxy) is 1. The van der Waals surface area contributed by atoms with Gasteiger partial charge in [0.25, 0.3) is 0 Å². The Morgan fingerprint density at radius 2 is 1.80 bits per heavy atom. The normalized spacial score (nSPS) is 34.5. The zero-order valence-corrected chi connectivity index (χ0v) is 13.6. The molecule has 0 aromatic heterocycles. The molecule has 0 spiro atoms. The smallest absolute Gasteiger partial charge is 0.311 e. The Kier molecular flexibility index (Phi) is 4.78. The summed E-state index contributed by atoms with van der Waals surface area (Å²) >= 11 is 0. The summed E-state index contributed by atoms with van der Waals surface area (Å²) in [6.07, 6.45) is 7.32. The number of hydrogen-bond donors (Lipinski definition) is 1. The van der Waals surface area contributed by atoms with Crippen LogP contribution >= 0.6 is 0 Å². The van der Waals surface area contributed by atoms with Crippen LogP contribution in [-0.4, -0.2) is 24.7 Å². The summed E-state index contributed by atoms with van der Waals surface area (Å²) in [5.74, 6) is 0.403. The van der Waals surface area contributed by atoms with E-state index in [1.54, 1.807) is 0 Å². The van der Waals surface area contributed by atoms with Crippen LogP contribution in [-0.2, 0) is 9.53 Å². The number of carbonyl (C=O) groups excluding carboxylic acids is 1. The first-order valence-corrected chi connectivity index (χ1v) is 8.26. The Labute approximate surface area is 123 Å². The molecule has 2 saturated heterocycles. The minimum absolute atomic E-state index is 0.00562. The first-order valence-electron chi connectivity index (χ1n) is 8.26. The molecule has 20 heavy (non-hydrogen) atoms. The lowest BCUT2D eigenvalue weighted by Gasteiger charge is -2.47. The molecule has 2 rings (SSSR count). The van der Waals surface area contributed by atoms with Crippen LogP contribution in [0.15, 0.2) is 0 Å². The first kappa shape index (κ1) is 15.8. The van der Waals surface area contributed by atoms with Crippen molar-refractivity contribution in [2.75, 3.05) is 13.2 Å². The van der Waals surface area contributed by atoms with E-state index >= 15 is 0 Å². The maximum atomic E-state index is 12.4. The zero-order valence-electron chi connectivity index (χ0n) is 13.6. The lowest BCUT2D eigenvalue weighted by molar-refractivity contribution is -0.165. The topological polar surface area (TPSA) is 38.3 Å². The van der Waals surface area contributed by atoms with Crippen molar-refractivity contribution in [1.29, 1.82) is 0 Å². The van der Waals surface area contributed by atoms with E-state index in [2.05, 4.69) is 33.0 Å². The SMILES string of the molecule is CC1(C)CCCCCCNC(C)(C)C2C(=O)OCCC21. The molecule has 0 saturated carbocycles. The fourth-order valence-electron chi connectivity index (χ4n) is 4.11. The Morgan fingerprint density at radius 3 is 2.55 bits per heavy atom. The summed E-state index contributed by atoms with van der Waals surface area (Å²) in [4.78, 5) is 12.4. The summed E-state index contributed by atoms with van der Waals surface area (Å²) in [5, 5.41) is 3.62. The highest BCUT2D eigenvalue weighted by molar-refractivity contribution is 5.75. The molecule has 3 nitrogen and oxygen atoms in total. The number of fused-ring (bicyclic) bond motifs is 1. The first-order chi connectivity index (χ1) is 9.34. The number of cyclic esters (lactones) is 1. The summed E-state index contributed by atoms with van der Waals surface area (Å²) in [7, 11) is 0. The molecule has 2 unspecified atom stereocenters. The fraction of sp³-hybridized carbons (Fsp3) is 0.941. The van der Waals surface area contributed by atoms with Crippen LogP contribution < -0.4 is 5.32 Å². The van der Waals surface area contributed by atoms with Gasteiger partial charge in [-0.1, -0.05) is 33.1 Å². The summed E-state index contributed by atoms with van der Waals surface area (Å²) in [6.45, 7) is 10.6. The molecule has 0 bridgehead atoms. The molecular formula is C17H31NO2. The van der Waals surface area contributed by atoms with Gasteiger partial charge in [-0.25, -0.2) is 0 Å². The van der Waals surface area contributed by atoms with E-state index < -0.39 is 0 Å². The quantitative estimate of drug-likeness (QED) is 0.690. The minimum atomic E-state index is -0.177. The van der Waals surface area contributed by atoms with Gasteiger partial charge in [-0.15, -0.1) is 0 Å².